The van der Waals surface area contributed by atoms with Crippen LogP contribution in [0, 0.1) is 0 Å². The lowest BCUT2D eigenvalue weighted by Gasteiger charge is -2.07. The average molecular weight is 225 g/mol. The fourth-order valence-corrected chi connectivity index (χ4v) is 1.36. The number of carbonyl (C=O) groups is 2. The quantitative estimate of drug-likeness (QED) is 0.430. The van der Waals surface area contributed by atoms with Crippen LogP contribution < -0.4 is 5.73 Å². The number of nitrogens with two attached hydrogens (primary N) is 1. The Bertz CT molecular complexity index is 441. The molecule has 0 radical (unpaired) electrons. The monoisotopic (exact) mass is 225 g/mol. The van der Waals surface area contributed by atoms with Gasteiger partial charge in [-0.2, -0.15) is 0 Å². The normalized spacial score (nSPS) is 10.0. The summed E-state index contributed by atoms with van der Waals surface area (Å²) in [6.07, 6.45) is -0.666. The molecule has 0 atom stereocenters. The van der Waals surface area contributed by atoms with Crippen molar-refractivity contribution in [3.8, 4) is 5.75 Å². The Hall–Kier alpha value is -2.24. The van der Waals surface area contributed by atoms with E-state index in [-0.39, 0.29) is 23.4 Å². The molecule has 0 saturated heterocycles. The zero-order valence-electron chi connectivity index (χ0n) is 8.30. The number of hydrogen-bond donors (Lipinski definition) is 4. The van der Waals surface area contributed by atoms with Gasteiger partial charge in [0.15, 0.2) is 0 Å². The number of rotatable bonds is 4. The lowest BCUT2D eigenvalue weighted by atomic mass is 10.0. The summed E-state index contributed by atoms with van der Waals surface area (Å²) in [4.78, 5) is 21.0. The van der Waals surface area contributed by atoms with Crippen LogP contribution in [0.5, 0.6) is 5.75 Å². The second-order valence-corrected chi connectivity index (χ2v) is 3.33. The third kappa shape index (κ3) is 2.88. The number of carboxylic acids is 2. The molecule has 0 spiro atoms. The van der Waals surface area contributed by atoms with Gasteiger partial charge in [0, 0.05) is 5.56 Å². The first-order chi connectivity index (χ1) is 7.40. The zero-order chi connectivity index (χ0) is 12.3. The van der Waals surface area contributed by atoms with Crippen molar-refractivity contribution < 1.29 is 24.9 Å². The fraction of sp³-hybridized carbons (Fsp3) is 0.200. The van der Waals surface area contributed by atoms with Gasteiger partial charge in [0.2, 0.25) is 0 Å². The van der Waals surface area contributed by atoms with Crippen molar-refractivity contribution >= 4 is 17.6 Å². The van der Waals surface area contributed by atoms with Crippen LogP contribution >= 0.6 is 0 Å². The molecule has 0 aliphatic carbocycles. The molecule has 0 heterocycles. The van der Waals surface area contributed by atoms with Crippen LogP contribution in [0.15, 0.2) is 12.1 Å². The second kappa shape index (κ2) is 4.52. The zero-order valence-corrected chi connectivity index (χ0v) is 8.30. The number of hydrogen-bond acceptors (Lipinski definition) is 4. The van der Waals surface area contributed by atoms with Gasteiger partial charge < -0.3 is 21.1 Å². The standard InChI is InChI=1S/C10H11NO5/c11-7-2-5(3-8(12)13)1-6(10(7)16)4-9(14)15/h1-2,16H,3-4,11H2,(H,12,13)(H,14,15). The molecule has 0 amide bonds. The van der Waals surface area contributed by atoms with E-state index in [2.05, 4.69) is 0 Å². The highest BCUT2D eigenvalue weighted by Gasteiger charge is 2.12. The Morgan fingerprint density at radius 1 is 1.12 bits per heavy atom. The van der Waals surface area contributed by atoms with Gasteiger partial charge in [-0.25, -0.2) is 0 Å². The van der Waals surface area contributed by atoms with Crippen LogP contribution in [0.1, 0.15) is 11.1 Å². The number of phenolic OH excluding ortho intramolecular Hbond substituents is 1. The third-order valence-electron chi connectivity index (χ3n) is 1.98. The predicted octanol–water partition coefficient (Wildman–Crippen LogP) is 0.229. The molecule has 0 aliphatic heterocycles. The van der Waals surface area contributed by atoms with E-state index >= 15 is 0 Å². The maximum Gasteiger partial charge on any atom is 0.307 e. The van der Waals surface area contributed by atoms with Crippen molar-refractivity contribution in [1.29, 1.82) is 0 Å². The van der Waals surface area contributed by atoms with Crippen molar-refractivity contribution in [2.75, 3.05) is 5.73 Å². The first kappa shape index (κ1) is 11.8. The van der Waals surface area contributed by atoms with Crippen molar-refractivity contribution in [3.05, 3.63) is 23.3 Å². The van der Waals surface area contributed by atoms with Crippen LogP contribution in [0.3, 0.4) is 0 Å². The highest BCUT2D eigenvalue weighted by molar-refractivity contribution is 5.75. The summed E-state index contributed by atoms with van der Waals surface area (Å²) in [5.41, 5.74) is 5.89. The molecule has 86 valence electrons. The molecule has 0 aromatic heterocycles. The predicted molar refractivity (Wildman–Crippen MR) is 55.2 cm³/mol. The van der Waals surface area contributed by atoms with Gasteiger partial charge in [0.05, 0.1) is 18.5 Å². The summed E-state index contributed by atoms with van der Waals surface area (Å²) < 4.78 is 0. The maximum atomic E-state index is 10.5. The minimum Gasteiger partial charge on any atom is -0.505 e. The molecule has 0 bridgehead atoms. The minimum absolute atomic E-state index is 0.0185. The van der Waals surface area contributed by atoms with Crippen molar-refractivity contribution in [1.82, 2.24) is 0 Å². The van der Waals surface area contributed by atoms with Crippen molar-refractivity contribution in [3.63, 3.8) is 0 Å². The Morgan fingerprint density at radius 2 is 1.69 bits per heavy atom. The average Bonchev–Trinajstić information content (AvgIpc) is 2.11. The Balaban J connectivity index is 3.11. The molecular weight excluding hydrogens is 214 g/mol. The van der Waals surface area contributed by atoms with Crippen LogP contribution in [-0.2, 0) is 22.4 Å². The number of phenols is 1. The van der Waals surface area contributed by atoms with E-state index in [9.17, 15) is 14.7 Å². The number of benzene rings is 1. The molecule has 0 saturated carbocycles. The molecule has 6 heteroatoms. The van der Waals surface area contributed by atoms with E-state index in [4.69, 9.17) is 15.9 Å². The van der Waals surface area contributed by atoms with E-state index in [1.54, 1.807) is 0 Å². The third-order valence-corrected chi connectivity index (χ3v) is 1.98. The molecule has 6 nitrogen and oxygen atoms in total. The van der Waals surface area contributed by atoms with E-state index < -0.39 is 18.4 Å². The highest BCUT2D eigenvalue weighted by Crippen LogP contribution is 2.27. The molecular formula is C10H11NO5. The molecule has 0 unspecified atom stereocenters. The van der Waals surface area contributed by atoms with E-state index in [1.165, 1.54) is 12.1 Å². The first-order valence-corrected chi connectivity index (χ1v) is 4.44. The number of carboxylic acid groups (broad SMARTS) is 2. The second-order valence-electron chi connectivity index (χ2n) is 3.33. The van der Waals surface area contributed by atoms with Gasteiger partial charge in [-0.05, 0) is 11.6 Å². The SMILES string of the molecule is Nc1cc(CC(=O)O)cc(CC(=O)O)c1O. The van der Waals surface area contributed by atoms with Gasteiger partial charge in [0.25, 0.3) is 0 Å². The summed E-state index contributed by atoms with van der Waals surface area (Å²) >= 11 is 0. The summed E-state index contributed by atoms with van der Waals surface area (Å²) in [7, 11) is 0. The summed E-state index contributed by atoms with van der Waals surface area (Å²) in [5.74, 6) is -2.48. The summed E-state index contributed by atoms with van der Waals surface area (Å²) in [6, 6.07) is 2.64. The number of anilines is 1. The van der Waals surface area contributed by atoms with Gasteiger partial charge >= 0.3 is 11.9 Å². The van der Waals surface area contributed by atoms with Crippen LogP contribution in [0.25, 0.3) is 0 Å². The van der Waals surface area contributed by atoms with Gasteiger partial charge in [-0.15, -0.1) is 0 Å². The summed E-state index contributed by atoms with van der Waals surface area (Å²) in [6.45, 7) is 0. The molecule has 1 aromatic rings. The Morgan fingerprint density at radius 3 is 2.19 bits per heavy atom. The van der Waals surface area contributed by atoms with Gasteiger partial charge in [-0.1, -0.05) is 6.07 Å². The molecule has 5 N–H and O–H groups in total. The van der Waals surface area contributed by atoms with Crippen LogP contribution in [0.4, 0.5) is 5.69 Å². The van der Waals surface area contributed by atoms with Crippen LogP contribution in [0.2, 0.25) is 0 Å². The van der Waals surface area contributed by atoms with E-state index in [0.29, 0.717) is 5.56 Å². The Labute approximate surface area is 90.9 Å². The lowest BCUT2D eigenvalue weighted by molar-refractivity contribution is -0.137. The fourth-order valence-electron chi connectivity index (χ4n) is 1.36. The number of nitrogen functional groups attached to an aromatic ring is 1. The molecule has 1 aromatic carbocycles. The summed E-state index contributed by atoms with van der Waals surface area (Å²) in [5, 5.41) is 26.6. The molecule has 1 rings (SSSR count). The molecule has 0 fully saturated rings. The van der Waals surface area contributed by atoms with Crippen LogP contribution in [-0.4, -0.2) is 27.3 Å². The van der Waals surface area contributed by atoms with Gasteiger partial charge in [-0.3, -0.25) is 9.59 Å². The molecule has 16 heavy (non-hydrogen) atoms. The molecule has 0 aliphatic rings. The van der Waals surface area contributed by atoms with E-state index in [0.717, 1.165) is 0 Å². The number of aliphatic carboxylic acids is 2. The minimum atomic E-state index is -1.12. The van der Waals surface area contributed by atoms with Crippen molar-refractivity contribution in [2.45, 2.75) is 12.8 Å². The Kier molecular flexibility index (Phi) is 3.34. The smallest absolute Gasteiger partial charge is 0.307 e. The lowest BCUT2D eigenvalue weighted by Crippen LogP contribution is -2.05. The highest BCUT2D eigenvalue weighted by atomic mass is 16.4. The van der Waals surface area contributed by atoms with Crippen molar-refractivity contribution in [2.24, 2.45) is 0 Å². The first-order valence-electron chi connectivity index (χ1n) is 4.44. The number of aromatic hydroxyl groups is 1. The van der Waals surface area contributed by atoms with E-state index in [1.807, 2.05) is 0 Å². The van der Waals surface area contributed by atoms with Gasteiger partial charge in [0.1, 0.15) is 5.75 Å². The topological polar surface area (TPSA) is 121 Å². The largest absolute Gasteiger partial charge is 0.505 e. The maximum absolute atomic E-state index is 10.5.